The Balaban J connectivity index is 2.12. The molecule has 24 heavy (non-hydrogen) atoms. The van der Waals surface area contributed by atoms with Crippen LogP contribution >= 0.6 is 0 Å². The lowest BCUT2D eigenvalue weighted by molar-refractivity contribution is 0.0696. The van der Waals surface area contributed by atoms with E-state index in [1.54, 1.807) is 6.92 Å². The molecule has 0 saturated carbocycles. The molecule has 0 radical (unpaired) electrons. The van der Waals surface area contributed by atoms with Gasteiger partial charge in [0.1, 0.15) is 5.65 Å². The molecule has 5 heteroatoms. The molecule has 0 atom stereocenters. The second-order valence-electron chi connectivity index (χ2n) is 5.57. The van der Waals surface area contributed by atoms with Gasteiger partial charge in [-0.15, -0.1) is 0 Å². The Hall–Kier alpha value is -3.21. The van der Waals surface area contributed by atoms with Crippen molar-refractivity contribution < 1.29 is 9.90 Å². The molecular weight excluding hydrogens is 304 g/mol. The van der Waals surface area contributed by atoms with Gasteiger partial charge in [-0.1, -0.05) is 30.3 Å². The Morgan fingerprint density at radius 2 is 1.88 bits per heavy atom. The molecule has 0 aliphatic carbocycles. The highest BCUT2D eigenvalue weighted by Gasteiger charge is 2.10. The van der Waals surface area contributed by atoms with Crippen LogP contribution in [0.15, 0.2) is 47.4 Å². The number of aromatic nitrogens is 2. The molecule has 0 fully saturated rings. The van der Waals surface area contributed by atoms with E-state index in [-0.39, 0.29) is 11.1 Å². The SMILES string of the molecule is Cc1ccccc1C=Cc1nc2ccc(C(=O)O)cn2c(=O)c1C. The zero-order valence-electron chi connectivity index (χ0n) is 13.4. The van der Waals surface area contributed by atoms with E-state index in [9.17, 15) is 9.59 Å². The first-order chi connectivity index (χ1) is 11.5. The molecule has 0 aliphatic rings. The van der Waals surface area contributed by atoms with Crippen molar-refractivity contribution in [2.45, 2.75) is 13.8 Å². The summed E-state index contributed by atoms with van der Waals surface area (Å²) >= 11 is 0. The molecular formula is C19H16N2O3. The fourth-order valence-electron chi connectivity index (χ4n) is 2.48. The average molecular weight is 320 g/mol. The Kier molecular flexibility index (Phi) is 4.00. The van der Waals surface area contributed by atoms with Crippen molar-refractivity contribution in [2.24, 2.45) is 0 Å². The number of hydrogen-bond donors (Lipinski definition) is 1. The molecule has 1 N–H and O–H groups in total. The highest BCUT2D eigenvalue weighted by atomic mass is 16.4. The molecule has 120 valence electrons. The Bertz CT molecular complexity index is 1030. The first-order valence-corrected chi connectivity index (χ1v) is 7.47. The van der Waals surface area contributed by atoms with Crippen LogP contribution in [0.3, 0.4) is 0 Å². The van der Waals surface area contributed by atoms with E-state index in [1.807, 2.05) is 43.3 Å². The van der Waals surface area contributed by atoms with E-state index in [0.717, 1.165) is 11.1 Å². The van der Waals surface area contributed by atoms with Gasteiger partial charge in [-0.05, 0) is 43.2 Å². The molecule has 0 spiro atoms. The number of carboxylic acids is 1. The summed E-state index contributed by atoms with van der Waals surface area (Å²) in [5.41, 5.74) is 3.43. The third-order valence-electron chi connectivity index (χ3n) is 3.94. The number of pyridine rings is 1. The smallest absolute Gasteiger partial charge is 0.337 e. The standard InChI is InChI=1S/C19H16N2O3/c1-12-5-3-4-6-14(12)7-9-16-13(2)18(22)21-11-15(19(23)24)8-10-17(21)20-16/h3-11H,1-2H3,(H,23,24). The topological polar surface area (TPSA) is 71.7 Å². The largest absolute Gasteiger partial charge is 0.478 e. The lowest BCUT2D eigenvalue weighted by Crippen LogP contribution is -2.20. The van der Waals surface area contributed by atoms with Gasteiger partial charge in [-0.25, -0.2) is 9.78 Å². The molecule has 0 unspecified atom stereocenters. The predicted octanol–water partition coefficient (Wildman–Crippen LogP) is 3.18. The summed E-state index contributed by atoms with van der Waals surface area (Å²) in [6.07, 6.45) is 5.03. The minimum Gasteiger partial charge on any atom is -0.478 e. The third-order valence-corrected chi connectivity index (χ3v) is 3.94. The van der Waals surface area contributed by atoms with Gasteiger partial charge in [-0.2, -0.15) is 0 Å². The fraction of sp³-hybridized carbons (Fsp3) is 0.105. The van der Waals surface area contributed by atoms with Crippen molar-refractivity contribution in [2.75, 3.05) is 0 Å². The third kappa shape index (κ3) is 2.84. The summed E-state index contributed by atoms with van der Waals surface area (Å²) in [5.74, 6) is -1.08. The van der Waals surface area contributed by atoms with Crippen LogP contribution in [0.25, 0.3) is 17.8 Å². The number of fused-ring (bicyclic) bond motifs is 1. The van der Waals surface area contributed by atoms with Crippen molar-refractivity contribution >= 4 is 23.8 Å². The van der Waals surface area contributed by atoms with Crippen molar-refractivity contribution in [1.29, 1.82) is 0 Å². The number of carbonyl (C=O) groups is 1. The van der Waals surface area contributed by atoms with Crippen molar-refractivity contribution in [3.05, 3.63) is 80.9 Å². The summed E-state index contributed by atoms with van der Waals surface area (Å²) in [6, 6.07) is 10.9. The highest BCUT2D eigenvalue weighted by Crippen LogP contribution is 2.13. The Labute approximate surface area is 138 Å². The number of carboxylic acid groups (broad SMARTS) is 1. The van der Waals surface area contributed by atoms with Crippen LogP contribution in [-0.4, -0.2) is 20.5 Å². The second-order valence-corrected chi connectivity index (χ2v) is 5.57. The molecule has 0 amide bonds. The van der Waals surface area contributed by atoms with Gasteiger partial charge in [0.2, 0.25) is 0 Å². The van der Waals surface area contributed by atoms with Crippen LogP contribution in [0.1, 0.15) is 32.7 Å². The number of hydrogen-bond acceptors (Lipinski definition) is 3. The van der Waals surface area contributed by atoms with E-state index in [4.69, 9.17) is 5.11 Å². The van der Waals surface area contributed by atoms with Gasteiger partial charge in [0.05, 0.1) is 11.3 Å². The highest BCUT2D eigenvalue weighted by molar-refractivity contribution is 5.87. The molecule has 0 bridgehead atoms. The van der Waals surface area contributed by atoms with Crippen LogP contribution < -0.4 is 5.56 Å². The minimum absolute atomic E-state index is 0.0500. The lowest BCUT2D eigenvalue weighted by Gasteiger charge is -2.06. The molecule has 0 saturated heterocycles. The number of benzene rings is 1. The molecule has 2 heterocycles. The molecule has 0 aliphatic heterocycles. The van der Waals surface area contributed by atoms with Crippen LogP contribution in [0.4, 0.5) is 0 Å². The number of aryl methyl sites for hydroxylation is 1. The predicted molar refractivity (Wildman–Crippen MR) is 93.3 cm³/mol. The van der Waals surface area contributed by atoms with E-state index in [2.05, 4.69) is 4.98 Å². The van der Waals surface area contributed by atoms with Gasteiger partial charge in [0, 0.05) is 11.8 Å². The zero-order chi connectivity index (χ0) is 17.3. The zero-order valence-corrected chi connectivity index (χ0v) is 13.4. The van der Waals surface area contributed by atoms with Gasteiger partial charge in [-0.3, -0.25) is 9.20 Å². The molecule has 3 aromatic rings. The van der Waals surface area contributed by atoms with E-state index >= 15 is 0 Å². The molecule has 5 nitrogen and oxygen atoms in total. The monoisotopic (exact) mass is 320 g/mol. The second kappa shape index (κ2) is 6.12. The summed E-state index contributed by atoms with van der Waals surface area (Å²) in [5, 5.41) is 9.05. The molecule has 2 aromatic heterocycles. The van der Waals surface area contributed by atoms with Crippen LogP contribution in [0, 0.1) is 13.8 Å². The van der Waals surface area contributed by atoms with Crippen molar-refractivity contribution in [3.63, 3.8) is 0 Å². The van der Waals surface area contributed by atoms with E-state index in [1.165, 1.54) is 22.7 Å². The van der Waals surface area contributed by atoms with Crippen LogP contribution in [0.5, 0.6) is 0 Å². The van der Waals surface area contributed by atoms with E-state index < -0.39 is 5.97 Å². The maximum atomic E-state index is 12.5. The Morgan fingerprint density at radius 1 is 1.12 bits per heavy atom. The van der Waals surface area contributed by atoms with Gasteiger partial charge in [0.15, 0.2) is 0 Å². The van der Waals surface area contributed by atoms with Crippen LogP contribution in [-0.2, 0) is 0 Å². The van der Waals surface area contributed by atoms with Crippen molar-refractivity contribution in [1.82, 2.24) is 9.38 Å². The maximum Gasteiger partial charge on any atom is 0.337 e. The van der Waals surface area contributed by atoms with Gasteiger partial charge >= 0.3 is 5.97 Å². The minimum atomic E-state index is -1.08. The summed E-state index contributed by atoms with van der Waals surface area (Å²) in [6.45, 7) is 3.70. The normalized spacial score (nSPS) is 11.2. The van der Waals surface area contributed by atoms with Gasteiger partial charge < -0.3 is 5.11 Å². The number of rotatable bonds is 3. The number of aromatic carboxylic acids is 1. The number of nitrogens with zero attached hydrogens (tertiary/aromatic N) is 2. The average Bonchev–Trinajstić information content (AvgIpc) is 2.57. The Morgan fingerprint density at radius 3 is 2.58 bits per heavy atom. The summed E-state index contributed by atoms with van der Waals surface area (Å²) in [4.78, 5) is 28.0. The lowest BCUT2D eigenvalue weighted by atomic mass is 10.1. The van der Waals surface area contributed by atoms with E-state index in [0.29, 0.717) is 16.9 Å². The molecule has 1 aromatic carbocycles. The fourth-order valence-corrected chi connectivity index (χ4v) is 2.48. The maximum absolute atomic E-state index is 12.5. The summed E-state index contributed by atoms with van der Waals surface area (Å²) < 4.78 is 1.27. The quantitative estimate of drug-likeness (QED) is 0.804. The summed E-state index contributed by atoms with van der Waals surface area (Å²) in [7, 11) is 0. The first kappa shape index (κ1) is 15.7. The molecule has 3 rings (SSSR count). The van der Waals surface area contributed by atoms with Crippen LogP contribution in [0.2, 0.25) is 0 Å². The first-order valence-electron chi connectivity index (χ1n) is 7.47. The van der Waals surface area contributed by atoms with Crippen molar-refractivity contribution in [3.8, 4) is 0 Å². The van der Waals surface area contributed by atoms with Gasteiger partial charge in [0.25, 0.3) is 5.56 Å².